The lowest BCUT2D eigenvalue weighted by Crippen LogP contribution is -2.25. The van der Waals surface area contributed by atoms with Crippen LogP contribution in [0.5, 0.6) is 0 Å². The Hall–Kier alpha value is -0.900. The van der Waals surface area contributed by atoms with Gasteiger partial charge < -0.3 is 9.84 Å². The topological polar surface area (TPSA) is 51.0 Å². The first kappa shape index (κ1) is 12.6. The second-order valence-electron chi connectivity index (χ2n) is 5.03. The Labute approximate surface area is 103 Å². The Morgan fingerprint density at radius 3 is 2.88 bits per heavy atom. The van der Waals surface area contributed by atoms with Gasteiger partial charge in [0, 0.05) is 18.4 Å². The van der Waals surface area contributed by atoms with E-state index in [1.165, 1.54) is 25.7 Å². The minimum atomic E-state index is 0.516. The molecule has 0 aromatic carbocycles. The van der Waals surface area contributed by atoms with Crippen molar-refractivity contribution in [3.8, 4) is 0 Å². The average molecular weight is 237 g/mol. The van der Waals surface area contributed by atoms with Gasteiger partial charge in [-0.1, -0.05) is 24.9 Å². The van der Waals surface area contributed by atoms with Crippen LogP contribution in [0.25, 0.3) is 0 Å². The third-order valence-corrected chi connectivity index (χ3v) is 3.55. The molecule has 0 spiro atoms. The largest absolute Gasteiger partial charge is 0.339 e. The van der Waals surface area contributed by atoms with Crippen molar-refractivity contribution < 1.29 is 4.52 Å². The highest BCUT2D eigenvalue weighted by Gasteiger charge is 2.22. The predicted octanol–water partition coefficient (Wildman–Crippen LogP) is 2.66. The first-order chi connectivity index (χ1) is 8.29. The van der Waals surface area contributed by atoms with Crippen molar-refractivity contribution >= 4 is 0 Å². The molecule has 0 amide bonds. The van der Waals surface area contributed by atoms with Crippen LogP contribution in [-0.2, 0) is 6.42 Å². The number of aryl methyl sites for hydroxylation is 1. The molecular formula is C13H23N3O. The van der Waals surface area contributed by atoms with Crippen molar-refractivity contribution in [2.45, 2.75) is 64.3 Å². The van der Waals surface area contributed by atoms with Gasteiger partial charge >= 0.3 is 0 Å². The minimum absolute atomic E-state index is 0.516. The Balaban J connectivity index is 1.81. The molecule has 1 heterocycles. The van der Waals surface area contributed by atoms with E-state index in [0.717, 1.165) is 31.1 Å². The minimum Gasteiger partial charge on any atom is -0.339 e. The van der Waals surface area contributed by atoms with Gasteiger partial charge in [-0.05, 0) is 32.7 Å². The monoisotopic (exact) mass is 237 g/mol. The Bertz CT molecular complexity index is 331. The SMILES string of the molecule is CCNC(C)CCc1nc(C2CCCC2)no1. The summed E-state index contributed by atoms with van der Waals surface area (Å²) in [6.07, 6.45) is 7.02. The van der Waals surface area contributed by atoms with Crippen molar-refractivity contribution in [1.29, 1.82) is 0 Å². The molecule has 1 fully saturated rings. The van der Waals surface area contributed by atoms with E-state index in [1.807, 2.05) is 0 Å². The molecule has 1 saturated carbocycles. The molecule has 1 N–H and O–H groups in total. The van der Waals surface area contributed by atoms with Crippen molar-refractivity contribution in [3.63, 3.8) is 0 Å². The van der Waals surface area contributed by atoms with Crippen molar-refractivity contribution in [3.05, 3.63) is 11.7 Å². The quantitative estimate of drug-likeness (QED) is 0.826. The number of nitrogens with one attached hydrogen (secondary N) is 1. The van der Waals surface area contributed by atoms with Gasteiger partial charge in [0.15, 0.2) is 5.82 Å². The number of hydrogen-bond acceptors (Lipinski definition) is 4. The normalized spacial score (nSPS) is 18.7. The Morgan fingerprint density at radius 2 is 2.18 bits per heavy atom. The van der Waals surface area contributed by atoms with Gasteiger partial charge in [0.25, 0.3) is 0 Å². The molecule has 0 saturated heterocycles. The fourth-order valence-corrected chi connectivity index (χ4v) is 2.51. The zero-order valence-corrected chi connectivity index (χ0v) is 10.9. The molecule has 17 heavy (non-hydrogen) atoms. The molecule has 1 aromatic rings. The molecule has 0 aliphatic heterocycles. The van der Waals surface area contributed by atoms with E-state index in [9.17, 15) is 0 Å². The summed E-state index contributed by atoms with van der Waals surface area (Å²) < 4.78 is 5.32. The van der Waals surface area contributed by atoms with E-state index in [-0.39, 0.29) is 0 Å². The number of rotatable bonds is 6. The molecular weight excluding hydrogens is 214 g/mol. The van der Waals surface area contributed by atoms with Gasteiger partial charge in [-0.15, -0.1) is 0 Å². The van der Waals surface area contributed by atoms with Gasteiger partial charge in [-0.3, -0.25) is 0 Å². The van der Waals surface area contributed by atoms with Crippen LogP contribution in [0.2, 0.25) is 0 Å². The third-order valence-electron chi connectivity index (χ3n) is 3.55. The highest BCUT2D eigenvalue weighted by atomic mass is 16.5. The van der Waals surface area contributed by atoms with Crippen LogP contribution < -0.4 is 5.32 Å². The zero-order valence-electron chi connectivity index (χ0n) is 10.9. The molecule has 1 atom stereocenters. The summed E-state index contributed by atoms with van der Waals surface area (Å²) in [5, 5.41) is 7.50. The van der Waals surface area contributed by atoms with Crippen LogP contribution >= 0.6 is 0 Å². The van der Waals surface area contributed by atoms with Gasteiger partial charge in [0.2, 0.25) is 5.89 Å². The smallest absolute Gasteiger partial charge is 0.226 e. The van der Waals surface area contributed by atoms with E-state index in [0.29, 0.717) is 12.0 Å². The summed E-state index contributed by atoms with van der Waals surface area (Å²) in [4.78, 5) is 4.52. The molecule has 1 aliphatic carbocycles. The van der Waals surface area contributed by atoms with Crippen LogP contribution in [0.15, 0.2) is 4.52 Å². The molecule has 96 valence electrons. The van der Waals surface area contributed by atoms with E-state index in [4.69, 9.17) is 4.52 Å². The fourth-order valence-electron chi connectivity index (χ4n) is 2.51. The lowest BCUT2D eigenvalue weighted by molar-refractivity contribution is 0.360. The van der Waals surface area contributed by atoms with Crippen LogP contribution in [0, 0.1) is 0 Å². The van der Waals surface area contributed by atoms with E-state index >= 15 is 0 Å². The second kappa shape index (κ2) is 6.15. The Kier molecular flexibility index (Phi) is 4.54. The molecule has 4 heteroatoms. The molecule has 4 nitrogen and oxygen atoms in total. The molecule has 2 rings (SSSR count). The van der Waals surface area contributed by atoms with Crippen LogP contribution in [-0.4, -0.2) is 22.7 Å². The van der Waals surface area contributed by atoms with Gasteiger partial charge in [-0.2, -0.15) is 4.98 Å². The van der Waals surface area contributed by atoms with Crippen LogP contribution in [0.4, 0.5) is 0 Å². The molecule has 1 unspecified atom stereocenters. The third kappa shape index (κ3) is 3.53. The van der Waals surface area contributed by atoms with E-state index < -0.39 is 0 Å². The lowest BCUT2D eigenvalue weighted by atomic mass is 10.1. The maximum atomic E-state index is 5.32. The number of aromatic nitrogens is 2. The van der Waals surface area contributed by atoms with Gasteiger partial charge in [0.05, 0.1) is 0 Å². The molecule has 0 bridgehead atoms. The number of nitrogens with zero attached hydrogens (tertiary/aromatic N) is 2. The fraction of sp³-hybridized carbons (Fsp3) is 0.846. The second-order valence-corrected chi connectivity index (χ2v) is 5.03. The number of hydrogen-bond donors (Lipinski definition) is 1. The van der Waals surface area contributed by atoms with Crippen molar-refractivity contribution in [2.24, 2.45) is 0 Å². The van der Waals surface area contributed by atoms with E-state index in [2.05, 4.69) is 29.3 Å². The summed E-state index contributed by atoms with van der Waals surface area (Å²) in [6, 6.07) is 0.516. The predicted molar refractivity (Wildman–Crippen MR) is 67.0 cm³/mol. The summed E-state index contributed by atoms with van der Waals surface area (Å²) in [5.41, 5.74) is 0. The summed E-state index contributed by atoms with van der Waals surface area (Å²) >= 11 is 0. The van der Waals surface area contributed by atoms with Gasteiger partial charge in [0.1, 0.15) is 0 Å². The standard InChI is InChI=1S/C13H23N3O/c1-3-14-10(2)8-9-12-15-13(16-17-12)11-6-4-5-7-11/h10-11,14H,3-9H2,1-2H3. The molecule has 1 aromatic heterocycles. The summed E-state index contributed by atoms with van der Waals surface area (Å²) in [7, 11) is 0. The first-order valence-corrected chi connectivity index (χ1v) is 6.85. The Morgan fingerprint density at radius 1 is 1.41 bits per heavy atom. The maximum Gasteiger partial charge on any atom is 0.226 e. The molecule has 0 radical (unpaired) electrons. The van der Waals surface area contributed by atoms with Crippen LogP contribution in [0.3, 0.4) is 0 Å². The summed E-state index contributed by atoms with van der Waals surface area (Å²) in [5.74, 6) is 2.30. The van der Waals surface area contributed by atoms with E-state index in [1.54, 1.807) is 0 Å². The highest BCUT2D eigenvalue weighted by molar-refractivity contribution is 4.98. The van der Waals surface area contributed by atoms with Crippen molar-refractivity contribution in [2.75, 3.05) is 6.54 Å². The highest BCUT2D eigenvalue weighted by Crippen LogP contribution is 2.32. The van der Waals surface area contributed by atoms with Gasteiger partial charge in [-0.25, -0.2) is 0 Å². The van der Waals surface area contributed by atoms with Crippen LogP contribution in [0.1, 0.15) is 63.6 Å². The summed E-state index contributed by atoms with van der Waals surface area (Å²) in [6.45, 7) is 5.33. The average Bonchev–Trinajstić information content (AvgIpc) is 2.97. The maximum absolute atomic E-state index is 5.32. The first-order valence-electron chi connectivity index (χ1n) is 6.85. The lowest BCUT2D eigenvalue weighted by Gasteiger charge is -2.09. The zero-order chi connectivity index (χ0) is 12.1. The molecule has 1 aliphatic rings. The van der Waals surface area contributed by atoms with Crippen molar-refractivity contribution in [1.82, 2.24) is 15.5 Å².